The van der Waals surface area contributed by atoms with Crippen molar-refractivity contribution in [2.45, 2.75) is 11.8 Å². The number of rotatable bonds is 4. The van der Waals surface area contributed by atoms with Gasteiger partial charge in [-0.25, -0.2) is 4.79 Å². The van der Waals surface area contributed by atoms with Gasteiger partial charge in [-0.3, -0.25) is 0 Å². The van der Waals surface area contributed by atoms with Crippen LogP contribution in [0.1, 0.15) is 15.9 Å². The smallest absolute Gasteiger partial charge is 0.339 e. The first-order chi connectivity index (χ1) is 9.40. The largest absolute Gasteiger partial charge is 0.478 e. The summed E-state index contributed by atoms with van der Waals surface area (Å²) in [6, 6.07) is 11.6. The number of para-hydroxylation sites is 1. The standard InChI is InChI=1S/C14H12O5S/c1-10-4-2-3-5-13(10)19-20(17,18)12-8-6-11(7-9-12)14(15)16/h2-9H,1H3,(H,15,16). The summed E-state index contributed by atoms with van der Waals surface area (Å²) in [6.45, 7) is 1.73. The third-order valence-electron chi connectivity index (χ3n) is 2.68. The van der Waals surface area contributed by atoms with Crippen molar-refractivity contribution in [3.8, 4) is 5.75 Å². The van der Waals surface area contributed by atoms with Gasteiger partial charge in [0.1, 0.15) is 10.6 Å². The quantitative estimate of drug-likeness (QED) is 0.875. The fourth-order valence-electron chi connectivity index (χ4n) is 1.58. The average molecular weight is 292 g/mol. The van der Waals surface area contributed by atoms with E-state index in [1.54, 1.807) is 31.2 Å². The van der Waals surface area contributed by atoms with Crippen molar-refractivity contribution in [2.24, 2.45) is 0 Å². The number of aryl methyl sites for hydroxylation is 1. The molecule has 0 atom stereocenters. The molecule has 5 nitrogen and oxygen atoms in total. The maximum atomic E-state index is 12.1. The maximum absolute atomic E-state index is 12.1. The highest BCUT2D eigenvalue weighted by Crippen LogP contribution is 2.22. The zero-order chi connectivity index (χ0) is 14.8. The second kappa shape index (κ2) is 5.34. The van der Waals surface area contributed by atoms with Gasteiger partial charge in [-0.05, 0) is 42.8 Å². The SMILES string of the molecule is Cc1ccccc1OS(=O)(=O)c1ccc(C(=O)O)cc1. The number of carboxylic acid groups (broad SMARTS) is 1. The van der Waals surface area contributed by atoms with Gasteiger partial charge in [-0.15, -0.1) is 0 Å². The zero-order valence-corrected chi connectivity index (χ0v) is 11.4. The fraction of sp³-hybridized carbons (Fsp3) is 0.0714. The van der Waals surface area contributed by atoms with Crippen molar-refractivity contribution >= 4 is 16.1 Å². The molecule has 0 aromatic heterocycles. The van der Waals surface area contributed by atoms with E-state index < -0.39 is 16.1 Å². The van der Waals surface area contributed by atoms with E-state index in [4.69, 9.17) is 9.29 Å². The van der Waals surface area contributed by atoms with Crippen LogP contribution >= 0.6 is 0 Å². The van der Waals surface area contributed by atoms with Crippen molar-refractivity contribution in [1.82, 2.24) is 0 Å². The van der Waals surface area contributed by atoms with Crippen molar-refractivity contribution in [2.75, 3.05) is 0 Å². The van der Waals surface area contributed by atoms with Crippen LogP contribution in [0.5, 0.6) is 5.75 Å². The molecule has 0 aliphatic carbocycles. The van der Waals surface area contributed by atoms with Gasteiger partial charge < -0.3 is 9.29 Å². The topological polar surface area (TPSA) is 80.7 Å². The number of aromatic carboxylic acids is 1. The summed E-state index contributed by atoms with van der Waals surface area (Å²) in [7, 11) is -3.97. The lowest BCUT2D eigenvalue weighted by Crippen LogP contribution is -2.10. The molecule has 20 heavy (non-hydrogen) atoms. The van der Waals surface area contributed by atoms with Crippen LogP contribution < -0.4 is 4.18 Å². The molecule has 104 valence electrons. The minimum absolute atomic E-state index is 0.0137. The Labute approximate surface area is 116 Å². The first kappa shape index (κ1) is 14.1. The predicted octanol–water partition coefficient (Wildman–Crippen LogP) is 2.46. The summed E-state index contributed by atoms with van der Waals surface area (Å²) < 4.78 is 29.2. The van der Waals surface area contributed by atoms with E-state index in [1.807, 2.05) is 0 Å². The van der Waals surface area contributed by atoms with E-state index in [1.165, 1.54) is 24.3 Å². The monoisotopic (exact) mass is 292 g/mol. The zero-order valence-electron chi connectivity index (χ0n) is 10.6. The molecule has 0 fully saturated rings. The number of carbonyl (C=O) groups is 1. The second-order valence-corrected chi connectivity index (χ2v) is 5.68. The maximum Gasteiger partial charge on any atom is 0.339 e. The molecular formula is C14H12O5S. The number of carboxylic acids is 1. The summed E-state index contributed by atoms with van der Waals surface area (Å²) in [5, 5.41) is 8.77. The van der Waals surface area contributed by atoms with Gasteiger partial charge in [-0.2, -0.15) is 8.42 Å². The van der Waals surface area contributed by atoms with Gasteiger partial charge in [0.25, 0.3) is 0 Å². The summed E-state index contributed by atoms with van der Waals surface area (Å²) in [5.74, 6) is -0.872. The van der Waals surface area contributed by atoms with Crippen molar-refractivity contribution in [3.05, 3.63) is 59.7 Å². The highest BCUT2D eigenvalue weighted by atomic mass is 32.2. The van der Waals surface area contributed by atoms with Crippen LogP contribution in [0.4, 0.5) is 0 Å². The van der Waals surface area contributed by atoms with Gasteiger partial charge >= 0.3 is 16.1 Å². The van der Waals surface area contributed by atoms with Gasteiger partial charge in [0.05, 0.1) is 5.56 Å². The molecule has 0 aliphatic rings. The molecular weight excluding hydrogens is 280 g/mol. The Morgan fingerprint density at radius 1 is 1.05 bits per heavy atom. The number of hydrogen-bond donors (Lipinski definition) is 1. The van der Waals surface area contributed by atoms with E-state index in [2.05, 4.69) is 0 Å². The molecule has 2 aromatic rings. The van der Waals surface area contributed by atoms with Crippen LogP contribution in [0.25, 0.3) is 0 Å². The molecule has 0 aliphatic heterocycles. The molecule has 0 bridgehead atoms. The van der Waals surface area contributed by atoms with Crippen LogP contribution in [0, 0.1) is 6.92 Å². The molecule has 6 heteroatoms. The first-order valence-corrected chi connectivity index (χ1v) is 7.14. The Hall–Kier alpha value is -2.34. The molecule has 1 N–H and O–H groups in total. The average Bonchev–Trinajstić information content (AvgIpc) is 2.41. The molecule has 0 saturated carbocycles. The van der Waals surface area contributed by atoms with Gasteiger partial charge in [-0.1, -0.05) is 18.2 Å². The fourth-order valence-corrected chi connectivity index (χ4v) is 2.57. The lowest BCUT2D eigenvalue weighted by molar-refractivity contribution is 0.0696. The summed E-state index contributed by atoms with van der Waals surface area (Å²) >= 11 is 0. The van der Waals surface area contributed by atoms with E-state index in [-0.39, 0.29) is 16.2 Å². The van der Waals surface area contributed by atoms with Crippen molar-refractivity contribution < 1.29 is 22.5 Å². The molecule has 0 amide bonds. The van der Waals surface area contributed by atoms with Crippen molar-refractivity contribution in [1.29, 1.82) is 0 Å². The molecule has 2 aromatic carbocycles. The van der Waals surface area contributed by atoms with Crippen LogP contribution in [0.3, 0.4) is 0 Å². The Morgan fingerprint density at radius 2 is 1.65 bits per heavy atom. The van der Waals surface area contributed by atoms with Crippen molar-refractivity contribution in [3.63, 3.8) is 0 Å². The Kier molecular flexibility index (Phi) is 3.76. The van der Waals surface area contributed by atoms with E-state index in [9.17, 15) is 13.2 Å². The molecule has 2 rings (SSSR count). The molecule has 0 heterocycles. The van der Waals surface area contributed by atoms with E-state index in [0.717, 1.165) is 0 Å². The third-order valence-corrected chi connectivity index (χ3v) is 3.93. The summed E-state index contributed by atoms with van der Waals surface area (Å²) in [6.07, 6.45) is 0. The lowest BCUT2D eigenvalue weighted by Gasteiger charge is -2.09. The van der Waals surface area contributed by atoms with Crippen LogP contribution in [-0.4, -0.2) is 19.5 Å². The Morgan fingerprint density at radius 3 is 2.20 bits per heavy atom. The highest BCUT2D eigenvalue weighted by Gasteiger charge is 2.18. The molecule has 0 spiro atoms. The lowest BCUT2D eigenvalue weighted by atomic mass is 10.2. The third kappa shape index (κ3) is 2.97. The molecule has 0 unspecified atom stereocenters. The van der Waals surface area contributed by atoms with E-state index in [0.29, 0.717) is 5.56 Å². The predicted molar refractivity (Wildman–Crippen MR) is 72.4 cm³/mol. The van der Waals surface area contributed by atoms with Crippen LogP contribution in [0.2, 0.25) is 0 Å². The first-order valence-electron chi connectivity index (χ1n) is 5.73. The number of hydrogen-bond acceptors (Lipinski definition) is 4. The normalized spacial score (nSPS) is 11.1. The Bertz CT molecular complexity index is 732. The second-order valence-electron chi connectivity index (χ2n) is 4.13. The van der Waals surface area contributed by atoms with E-state index >= 15 is 0 Å². The highest BCUT2D eigenvalue weighted by molar-refractivity contribution is 7.87. The van der Waals surface area contributed by atoms with Gasteiger partial charge in [0, 0.05) is 0 Å². The summed E-state index contributed by atoms with van der Waals surface area (Å²) in [5.41, 5.74) is 0.707. The van der Waals surface area contributed by atoms with Crippen LogP contribution in [0.15, 0.2) is 53.4 Å². The number of benzene rings is 2. The van der Waals surface area contributed by atoms with Crippen LogP contribution in [-0.2, 0) is 10.1 Å². The minimum Gasteiger partial charge on any atom is -0.478 e. The Balaban J connectivity index is 2.31. The van der Waals surface area contributed by atoms with Gasteiger partial charge in [0.2, 0.25) is 0 Å². The molecule has 0 radical (unpaired) electrons. The summed E-state index contributed by atoms with van der Waals surface area (Å²) in [4.78, 5) is 10.6. The van der Waals surface area contributed by atoms with Gasteiger partial charge in [0.15, 0.2) is 0 Å². The molecule has 0 saturated heterocycles. The minimum atomic E-state index is -3.97.